The molecular weight excluding hydrogens is 310 g/mol. The van der Waals surface area contributed by atoms with E-state index in [2.05, 4.69) is 5.32 Å². The molecule has 0 spiro atoms. The van der Waals surface area contributed by atoms with Gasteiger partial charge in [-0.15, -0.1) is 0 Å². The van der Waals surface area contributed by atoms with Crippen molar-refractivity contribution in [1.29, 1.82) is 0 Å². The number of hydrogen-bond donors (Lipinski definition) is 1. The highest BCUT2D eigenvalue weighted by Crippen LogP contribution is 2.39. The van der Waals surface area contributed by atoms with Crippen LogP contribution in [0.15, 0.2) is 23.1 Å². The van der Waals surface area contributed by atoms with E-state index in [-0.39, 0.29) is 16.3 Å². The lowest BCUT2D eigenvalue weighted by atomic mass is 9.98. The van der Waals surface area contributed by atoms with Crippen molar-refractivity contribution >= 4 is 25.6 Å². The van der Waals surface area contributed by atoms with E-state index >= 15 is 0 Å². The Bertz CT molecular complexity index is 663. The summed E-state index contributed by atoms with van der Waals surface area (Å²) in [6.45, 7) is 5.82. The number of aryl methyl sites for hydroxylation is 1. The van der Waals surface area contributed by atoms with E-state index in [0.717, 1.165) is 12.8 Å². The third-order valence-electron chi connectivity index (χ3n) is 4.01. The molecule has 0 radical (unpaired) electrons. The first-order chi connectivity index (χ1) is 9.65. The van der Waals surface area contributed by atoms with Gasteiger partial charge in [-0.1, -0.05) is 13.0 Å². The fourth-order valence-corrected chi connectivity index (χ4v) is 3.71. The Morgan fingerprint density at radius 1 is 1.38 bits per heavy atom. The van der Waals surface area contributed by atoms with Crippen LogP contribution in [0.1, 0.15) is 49.5 Å². The highest BCUT2D eigenvalue weighted by Gasteiger charge is 2.38. The molecule has 1 fully saturated rings. The number of nitrogens with one attached hydrogen (secondary N) is 1. The maximum atomic E-state index is 12.3. The second kappa shape index (κ2) is 5.61. The normalized spacial score (nSPS) is 15.8. The molecule has 1 amide bonds. The molecule has 6 heteroatoms. The van der Waals surface area contributed by atoms with Crippen molar-refractivity contribution < 1.29 is 13.2 Å². The highest BCUT2D eigenvalue weighted by molar-refractivity contribution is 8.13. The molecule has 1 aromatic rings. The summed E-state index contributed by atoms with van der Waals surface area (Å²) >= 11 is 0. The van der Waals surface area contributed by atoms with Crippen LogP contribution < -0.4 is 5.32 Å². The van der Waals surface area contributed by atoms with Crippen LogP contribution in [0.25, 0.3) is 0 Å². The fraction of sp³-hybridized carbons (Fsp3) is 0.533. The van der Waals surface area contributed by atoms with Crippen molar-refractivity contribution in [2.24, 2.45) is 5.92 Å². The summed E-state index contributed by atoms with van der Waals surface area (Å²) in [5.41, 5.74) is 0.656. The molecular formula is C15H20ClNO3S. The van der Waals surface area contributed by atoms with Gasteiger partial charge in [-0.25, -0.2) is 8.42 Å². The topological polar surface area (TPSA) is 63.2 Å². The molecule has 0 unspecified atom stereocenters. The van der Waals surface area contributed by atoms with Crippen LogP contribution in [0.4, 0.5) is 0 Å². The molecule has 1 aliphatic carbocycles. The number of carbonyl (C=O) groups excluding carboxylic acids is 1. The molecule has 0 bridgehead atoms. The van der Waals surface area contributed by atoms with Crippen molar-refractivity contribution in [3.05, 3.63) is 29.3 Å². The molecule has 116 valence electrons. The van der Waals surface area contributed by atoms with E-state index in [1.807, 2.05) is 20.8 Å². The number of halogens is 1. The van der Waals surface area contributed by atoms with E-state index in [9.17, 15) is 13.2 Å². The Balaban J connectivity index is 2.30. The van der Waals surface area contributed by atoms with Gasteiger partial charge in [-0.3, -0.25) is 4.79 Å². The maximum Gasteiger partial charge on any atom is 0.261 e. The van der Waals surface area contributed by atoms with E-state index in [4.69, 9.17) is 10.7 Å². The number of rotatable bonds is 5. The predicted molar refractivity (Wildman–Crippen MR) is 83.1 cm³/mol. The molecule has 1 aliphatic rings. The average Bonchev–Trinajstić information content (AvgIpc) is 3.21. The SMILES string of the molecule is CCc1ccc(C(=O)NC(C)(C)C2CC2)cc1S(=O)(=O)Cl. The molecule has 0 saturated heterocycles. The summed E-state index contributed by atoms with van der Waals surface area (Å²) in [4.78, 5) is 12.3. The Kier molecular flexibility index (Phi) is 4.36. The van der Waals surface area contributed by atoms with Gasteiger partial charge >= 0.3 is 0 Å². The zero-order chi connectivity index (χ0) is 15.8. The van der Waals surface area contributed by atoms with E-state index < -0.39 is 9.05 Å². The highest BCUT2D eigenvalue weighted by atomic mass is 35.7. The maximum absolute atomic E-state index is 12.3. The lowest BCUT2D eigenvalue weighted by Crippen LogP contribution is -2.45. The molecule has 4 nitrogen and oxygen atoms in total. The molecule has 1 aromatic carbocycles. The Morgan fingerprint density at radius 2 is 2.00 bits per heavy atom. The van der Waals surface area contributed by atoms with Crippen LogP contribution in [-0.2, 0) is 15.5 Å². The smallest absolute Gasteiger partial charge is 0.261 e. The molecule has 1 saturated carbocycles. The monoisotopic (exact) mass is 329 g/mol. The lowest BCUT2D eigenvalue weighted by Gasteiger charge is -2.26. The molecule has 0 aromatic heterocycles. The zero-order valence-electron chi connectivity index (χ0n) is 12.4. The van der Waals surface area contributed by atoms with Gasteiger partial charge in [0, 0.05) is 21.8 Å². The van der Waals surface area contributed by atoms with Crippen molar-refractivity contribution in [2.75, 3.05) is 0 Å². The summed E-state index contributed by atoms with van der Waals surface area (Å²) in [5, 5.41) is 2.97. The van der Waals surface area contributed by atoms with Gasteiger partial charge in [0.1, 0.15) is 0 Å². The third kappa shape index (κ3) is 3.77. The lowest BCUT2D eigenvalue weighted by molar-refractivity contribution is 0.0903. The van der Waals surface area contributed by atoms with Gasteiger partial charge < -0.3 is 5.32 Å². The van der Waals surface area contributed by atoms with E-state index in [1.165, 1.54) is 6.07 Å². The first-order valence-electron chi connectivity index (χ1n) is 7.05. The van der Waals surface area contributed by atoms with E-state index in [0.29, 0.717) is 23.5 Å². The van der Waals surface area contributed by atoms with Crippen LogP contribution in [0.3, 0.4) is 0 Å². The van der Waals surface area contributed by atoms with Crippen molar-refractivity contribution in [3.63, 3.8) is 0 Å². The average molecular weight is 330 g/mol. The Labute approximate surface area is 130 Å². The first kappa shape index (κ1) is 16.3. The van der Waals surface area contributed by atoms with E-state index in [1.54, 1.807) is 12.1 Å². The molecule has 21 heavy (non-hydrogen) atoms. The van der Waals surface area contributed by atoms with Gasteiger partial charge in [0.15, 0.2) is 0 Å². The van der Waals surface area contributed by atoms with Gasteiger partial charge in [-0.2, -0.15) is 0 Å². The molecule has 2 rings (SSSR count). The third-order valence-corrected chi connectivity index (χ3v) is 5.41. The minimum Gasteiger partial charge on any atom is -0.347 e. The number of benzene rings is 1. The first-order valence-corrected chi connectivity index (χ1v) is 9.36. The minimum atomic E-state index is -3.86. The summed E-state index contributed by atoms with van der Waals surface area (Å²) in [6.07, 6.45) is 2.77. The van der Waals surface area contributed by atoms with Crippen LogP contribution in [0.5, 0.6) is 0 Å². The second-order valence-corrected chi connectivity index (χ2v) is 8.60. The Hall–Kier alpha value is -1.07. The zero-order valence-corrected chi connectivity index (χ0v) is 14.0. The summed E-state index contributed by atoms with van der Waals surface area (Å²) in [6, 6.07) is 4.65. The Morgan fingerprint density at radius 3 is 2.48 bits per heavy atom. The largest absolute Gasteiger partial charge is 0.347 e. The summed E-state index contributed by atoms with van der Waals surface area (Å²) in [5.74, 6) is 0.226. The fourth-order valence-electron chi connectivity index (χ4n) is 2.49. The number of hydrogen-bond acceptors (Lipinski definition) is 3. The molecule has 0 aliphatic heterocycles. The van der Waals surface area contributed by atoms with Crippen molar-refractivity contribution in [2.45, 2.75) is 50.5 Å². The van der Waals surface area contributed by atoms with Crippen LogP contribution >= 0.6 is 10.7 Å². The van der Waals surface area contributed by atoms with Crippen LogP contribution in [0.2, 0.25) is 0 Å². The van der Waals surface area contributed by atoms with Gasteiger partial charge in [-0.05, 0) is 56.7 Å². The summed E-state index contributed by atoms with van der Waals surface area (Å²) in [7, 11) is 1.60. The van der Waals surface area contributed by atoms with Crippen LogP contribution in [-0.4, -0.2) is 19.9 Å². The van der Waals surface area contributed by atoms with Crippen molar-refractivity contribution in [1.82, 2.24) is 5.32 Å². The van der Waals surface area contributed by atoms with Gasteiger partial charge in [0.05, 0.1) is 4.90 Å². The molecule has 0 atom stereocenters. The van der Waals surface area contributed by atoms with Gasteiger partial charge in [0.2, 0.25) is 0 Å². The molecule has 0 heterocycles. The second-order valence-electron chi connectivity index (χ2n) is 6.06. The summed E-state index contributed by atoms with van der Waals surface area (Å²) < 4.78 is 23.2. The van der Waals surface area contributed by atoms with Crippen LogP contribution in [0, 0.1) is 5.92 Å². The molecule has 1 N–H and O–H groups in total. The van der Waals surface area contributed by atoms with Crippen molar-refractivity contribution in [3.8, 4) is 0 Å². The number of carbonyl (C=O) groups is 1. The van der Waals surface area contributed by atoms with Gasteiger partial charge in [0.25, 0.3) is 15.0 Å². The predicted octanol–water partition coefficient (Wildman–Crippen LogP) is 3.09. The quantitative estimate of drug-likeness (QED) is 0.844. The standard InChI is InChI=1S/C15H20ClNO3S/c1-4-10-5-6-11(9-13(10)21(16,19)20)14(18)17-15(2,3)12-7-8-12/h5-6,9,12H,4,7-8H2,1-3H3,(H,17,18). The number of amides is 1. The minimum absolute atomic E-state index is 0.0172.